The van der Waals surface area contributed by atoms with Crippen molar-refractivity contribution in [1.29, 1.82) is 0 Å². The van der Waals surface area contributed by atoms with Crippen molar-refractivity contribution < 1.29 is 0 Å². The molecule has 1 aromatic rings. The zero-order valence-electron chi connectivity index (χ0n) is 8.68. The van der Waals surface area contributed by atoms with Crippen LogP contribution in [0.5, 0.6) is 0 Å². The van der Waals surface area contributed by atoms with Crippen LogP contribution in [0.1, 0.15) is 45.5 Å². The molecule has 0 aliphatic rings. The van der Waals surface area contributed by atoms with E-state index < -0.39 is 0 Å². The first-order chi connectivity index (χ1) is 5.71. The van der Waals surface area contributed by atoms with Crippen LogP contribution < -0.4 is 0 Å². The molecule has 0 aliphatic carbocycles. The Labute approximate surface area is 97.5 Å². The summed E-state index contributed by atoms with van der Waals surface area (Å²) in [7, 11) is 0. The molecule has 0 atom stereocenters. The average Bonchev–Trinajstić information content (AvgIpc) is 2.28. The highest BCUT2D eigenvalue weighted by Crippen LogP contribution is 2.32. The minimum absolute atomic E-state index is 0.0394. The number of aromatic nitrogens is 2. The molecule has 0 saturated heterocycles. The highest BCUT2D eigenvalue weighted by Gasteiger charge is 2.25. The second-order valence-corrected chi connectivity index (χ2v) is 8.09. The van der Waals surface area contributed by atoms with E-state index in [1.54, 1.807) is 0 Å². The highest BCUT2D eigenvalue weighted by atomic mass is 127. The Balaban J connectivity index is 3.01. The second-order valence-electron chi connectivity index (χ2n) is 4.65. The molecule has 0 unspecified atom stereocenters. The maximum absolute atomic E-state index is 4.55. The molecule has 13 heavy (non-hydrogen) atoms. The summed E-state index contributed by atoms with van der Waals surface area (Å²) in [6.07, 6.45) is 0. The Bertz CT molecular complexity index is 265. The highest BCUT2D eigenvalue weighted by molar-refractivity contribution is 14.1. The third-order valence-electron chi connectivity index (χ3n) is 1.60. The lowest BCUT2D eigenvalue weighted by Crippen LogP contribution is -2.13. The molecule has 74 valence electrons. The summed E-state index contributed by atoms with van der Waals surface area (Å²) >= 11 is 3.88. The lowest BCUT2D eigenvalue weighted by atomic mass is 9.98. The topological polar surface area (TPSA) is 25.8 Å². The van der Waals surface area contributed by atoms with E-state index >= 15 is 0 Å². The van der Waals surface area contributed by atoms with Crippen LogP contribution >= 0.6 is 34.1 Å². The normalized spacial score (nSPS) is 13.4. The Kier molecular flexibility index (Phi) is 3.02. The van der Waals surface area contributed by atoms with Crippen LogP contribution in [0, 0.1) is 0 Å². The van der Waals surface area contributed by atoms with Crippen molar-refractivity contribution in [2.75, 3.05) is 0 Å². The van der Waals surface area contributed by atoms with Crippen LogP contribution in [0.25, 0.3) is 0 Å². The van der Waals surface area contributed by atoms with Gasteiger partial charge in [-0.2, -0.15) is 4.37 Å². The molecule has 0 aliphatic heterocycles. The number of hydrogen-bond acceptors (Lipinski definition) is 3. The molecular weight excluding hydrogens is 295 g/mol. The predicted molar refractivity (Wildman–Crippen MR) is 65.7 cm³/mol. The third-order valence-corrected chi connectivity index (χ3v) is 3.22. The maximum atomic E-state index is 4.55. The van der Waals surface area contributed by atoms with Gasteiger partial charge in [-0.15, -0.1) is 0 Å². The van der Waals surface area contributed by atoms with Crippen LogP contribution in [0.4, 0.5) is 0 Å². The van der Waals surface area contributed by atoms with E-state index in [4.69, 9.17) is 0 Å². The summed E-state index contributed by atoms with van der Waals surface area (Å²) in [5.74, 6) is 0.947. The maximum Gasteiger partial charge on any atom is 0.157 e. The Morgan fingerprint density at radius 2 is 1.69 bits per heavy atom. The molecule has 0 fully saturated rings. The lowest BCUT2D eigenvalue weighted by Gasteiger charge is -2.14. The van der Waals surface area contributed by atoms with Crippen LogP contribution in [0.3, 0.4) is 0 Å². The molecule has 0 amide bonds. The van der Waals surface area contributed by atoms with E-state index in [1.807, 2.05) is 0 Å². The number of rotatable bonds is 1. The van der Waals surface area contributed by atoms with Crippen LogP contribution in [0.2, 0.25) is 0 Å². The Morgan fingerprint density at radius 3 is 1.92 bits per heavy atom. The van der Waals surface area contributed by atoms with Gasteiger partial charge in [0.1, 0.15) is 5.01 Å². The number of halogens is 1. The molecule has 0 saturated carbocycles. The second kappa shape index (κ2) is 3.46. The molecule has 0 aromatic carbocycles. The van der Waals surface area contributed by atoms with E-state index in [2.05, 4.69) is 66.6 Å². The molecule has 1 aromatic heterocycles. The molecule has 0 radical (unpaired) electrons. The first kappa shape index (κ1) is 11.4. The van der Waals surface area contributed by atoms with Gasteiger partial charge in [-0.1, -0.05) is 43.4 Å². The zero-order chi connectivity index (χ0) is 10.3. The van der Waals surface area contributed by atoms with Gasteiger partial charge in [0.15, 0.2) is 5.82 Å². The van der Waals surface area contributed by atoms with E-state index in [0.29, 0.717) is 0 Å². The van der Waals surface area contributed by atoms with Gasteiger partial charge in [0.25, 0.3) is 0 Å². The predicted octanol–water partition coefficient (Wildman–Crippen LogP) is 3.51. The zero-order valence-corrected chi connectivity index (χ0v) is 11.7. The fourth-order valence-electron chi connectivity index (χ4n) is 0.770. The molecule has 2 nitrogen and oxygen atoms in total. The van der Waals surface area contributed by atoms with Gasteiger partial charge >= 0.3 is 0 Å². The smallest absolute Gasteiger partial charge is 0.157 e. The fraction of sp³-hybridized carbons (Fsp3) is 0.778. The van der Waals surface area contributed by atoms with Gasteiger partial charge in [-0.3, -0.25) is 0 Å². The van der Waals surface area contributed by atoms with Crippen molar-refractivity contribution >= 4 is 34.1 Å². The molecular formula is C9H15IN2S. The van der Waals surface area contributed by atoms with Crippen molar-refractivity contribution in [2.24, 2.45) is 0 Å². The Hall–Kier alpha value is 0.290. The quantitative estimate of drug-likeness (QED) is 0.586. The standard InChI is InChI=1S/C9H15IN2S/c1-8(2,3)7-11-6(12-13-7)9(4,5)10/h1-5H3. The van der Waals surface area contributed by atoms with E-state index in [1.165, 1.54) is 11.5 Å². The number of nitrogens with zero attached hydrogens (tertiary/aromatic N) is 2. The van der Waals surface area contributed by atoms with Gasteiger partial charge in [0, 0.05) is 5.41 Å². The summed E-state index contributed by atoms with van der Waals surface area (Å²) in [6, 6.07) is 0. The molecule has 4 heteroatoms. The van der Waals surface area contributed by atoms with Crippen LogP contribution in [-0.4, -0.2) is 9.36 Å². The first-order valence-electron chi connectivity index (χ1n) is 4.25. The third kappa shape index (κ3) is 2.87. The largest absolute Gasteiger partial charge is 0.223 e. The van der Waals surface area contributed by atoms with Crippen molar-refractivity contribution in [3.63, 3.8) is 0 Å². The van der Waals surface area contributed by atoms with Gasteiger partial charge in [-0.05, 0) is 25.4 Å². The summed E-state index contributed by atoms with van der Waals surface area (Å²) in [5, 5.41) is 1.12. The van der Waals surface area contributed by atoms with Crippen LogP contribution in [-0.2, 0) is 8.84 Å². The summed E-state index contributed by atoms with van der Waals surface area (Å²) in [6.45, 7) is 10.7. The molecule has 0 N–H and O–H groups in total. The van der Waals surface area contributed by atoms with Gasteiger partial charge in [-0.25, -0.2) is 4.98 Å². The van der Waals surface area contributed by atoms with Gasteiger partial charge < -0.3 is 0 Å². The number of hydrogen-bond donors (Lipinski definition) is 0. The molecule has 0 bridgehead atoms. The molecule has 1 heterocycles. The summed E-state index contributed by atoms with van der Waals surface area (Å²) < 4.78 is 4.42. The summed E-state index contributed by atoms with van der Waals surface area (Å²) in [4.78, 5) is 4.55. The van der Waals surface area contributed by atoms with Crippen LogP contribution in [0.15, 0.2) is 0 Å². The van der Waals surface area contributed by atoms with Crippen molar-refractivity contribution in [2.45, 2.75) is 43.5 Å². The first-order valence-corrected chi connectivity index (χ1v) is 6.10. The molecule has 1 rings (SSSR count). The molecule has 0 spiro atoms. The lowest BCUT2D eigenvalue weighted by molar-refractivity contribution is 0.579. The van der Waals surface area contributed by atoms with Crippen molar-refractivity contribution in [3.05, 3.63) is 10.8 Å². The van der Waals surface area contributed by atoms with E-state index in [0.717, 1.165) is 10.8 Å². The SMILES string of the molecule is CC(C)(C)c1nc(C(C)(C)I)ns1. The summed E-state index contributed by atoms with van der Waals surface area (Å²) in [5.41, 5.74) is 0.123. The monoisotopic (exact) mass is 310 g/mol. The fourth-order valence-corrected chi connectivity index (χ4v) is 2.02. The number of alkyl halides is 1. The Morgan fingerprint density at radius 1 is 1.15 bits per heavy atom. The van der Waals surface area contributed by atoms with Gasteiger partial charge in [0.05, 0.1) is 3.42 Å². The van der Waals surface area contributed by atoms with E-state index in [9.17, 15) is 0 Å². The minimum Gasteiger partial charge on any atom is -0.223 e. The van der Waals surface area contributed by atoms with Crippen molar-refractivity contribution in [1.82, 2.24) is 9.36 Å². The van der Waals surface area contributed by atoms with Crippen molar-refractivity contribution in [3.8, 4) is 0 Å². The minimum atomic E-state index is 0.0394. The van der Waals surface area contributed by atoms with Gasteiger partial charge in [0.2, 0.25) is 0 Å². The van der Waals surface area contributed by atoms with E-state index in [-0.39, 0.29) is 8.84 Å². The average molecular weight is 310 g/mol.